The topological polar surface area (TPSA) is 66.5 Å². The first-order valence-electron chi connectivity index (χ1n) is 8.84. The Balaban J connectivity index is 2.22. The summed E-state index contributed by atoms with van der Waals surface area (Å²) in [7, 11) is -3.72. The molecule has 0 aliphatic heterocycles. The Hall–Kier alpha value is -1.70. The summed E-state index contributed by atoms with van der Waals surface area (Å²) in [5.74, 6) is -0.354. The maximum Gasteiger partial charge on any atom is 0.243 e. The molecule has 146 valence electrons. The van der Waals surface area contributed by atoms with Crippen molar-refractivity contribution in [2.45, 2.75) is 39.0 Å². The molecule has 0 heterocycles. The molecule has 27 heavy (non-hydrogen) atoms. The third-order valence-electron chi connectivity index (χ3n) is 4.36. The summed E-state index contributed by atoms with van der Waals surface area (Å²) >= 11 is 3.46. The van der Waals surface area contributed by atoms with Gasteiger partial charge in [0.2, 0.25) is 15.9 Å². The average molecular weight is 453 g/mol. The third-order valence-corrected chi connectivity index (χ3v) is 6.75. The zero-order valence-electron chi connectivity index (χ0n) is 16.0. The lowest BCUT2D eigenvalue weighted by Gasteiger charge is -2.21. The lowest BCUT2D eigenvalue weighted by molar-refractivity contribution is -0.116. The number of nitrogens with zero attached hydrogens (tertiary/aromatic N) is 1. The molecule has 0 aliphatic rings. The minimum atomic E-state index is -3.72. The van der Waals surface area contributed by atoms with Gasteiger partial charge >= 0.3 is 0 Å². The van der Waals surface area contributed by atoms with Crippen molar-refractivity contribution in [1.82, 2.24) is 4.31 Å². The van der Waals surface area contributed by atoms with Gasteiger partial charge in [-0.3, -0.25) is 4.79 Å². The predicted molar refractivity (Wildman–Crippen MR) is 112 cm³/mol. The fourth-order valence-corrected chi connectivity index (χ4v) is 4.86. The zero-order valence-corrected chi connectivity index (χ0v) is 18.4. The smallest absolute Gasteiger partial charge is 0.243 e. The van der Waals surface area contributed by atoms with Crippen molar-refractivity contribution < 1.29 is 13.2 Å². The molecule has 0 spiro atoms. The molecule has 7 heteroatoms. The first kappa shape index (κ1) is 21.6. The lowest BCUT2D eigenvalue weighted by Crippen LogP contribution is -2.38. The number of likely N-dealkylation sites (N-methyl/N-ethyl adjacent to an activating group) is 1. The van der Waals surface area contributed by atoms with E-state index in [1.54, 1.807) is 31.2 Å². The first-order chi connectivity index (χ1) is 12.7. The molecule has 0 unspecified atom stereocenters. The highest BCUT2D eigenvalue weighted by Gasteiger charge is 2.25. The molecule has 1 N–H and O–H groups in total. The van der Waals surface area contributed by atoms with Crippen LogP contribution in [0.2, 0.25) is 0 Å². The van der Waals surface area contributed by atoms with Crippen LogP contribution in [0.3, 0.4) is 0 Å². The molecule has 2 aromatic rings. The Labute approximate surface area is 170 Å². The number of hydrogen-bond donors (Lipinski definition) is 1. The van der Waals surface area contributed by atoms with Crippen LogP contribution in [-0.2, 0) is 21.2 Å². The van der Waals surface area contributed by atoms with Crippen LogP contribution >= 0.6 is 15.9 Å². The van der Waals surface area contributed by atoms with E-state index in [1.165, 1.54) is 4.31 Å². The van der Waals surface area contributed by atoms with E-state index >= 15 is 0 Å². The van der Waals surface area contributed by atoms with Gasteiger partial charge in [-0.25, -0.2) is 8.42 Å². The van der Waals surface area contributed by atoms with Gasteiger partial charge in [-0.15, -0.1) is 0 Å². The molecule has 0 atom stereocenters. The molecule has 0 aromatic heterocycles. The highest BCUT2D eigenvalue weighted by atomic mass is 79.9. The maximum absolute atomic E-state index is 12.8. The average Bonchev–Trinajstić information content (AvgIpc) is 2.61. The number of carbonyl (C=O) groups is 1. The van der Waals surface area contributed by atoms with Gasteiger partial charge in [0.1, 0.15) is 0 Å². The van der Waals surface area contributed by atoms with E-state index in [9.17, 15) is 13.2 Å². The molecule has 0 saturated carbocycles. The number of sulfonamides is 1. The fourth-order valence-electron chi connectivity index (χ4n) is 2.84. The fraction of sp³-hybridized carbons (Fsp3) is 0.350. The van der Waals surface area contributed by atoms with Crippen LogP contribution in [-0.4, -0.2) is 31.7 Å². The summed E-state index contributed by atoms with van der Waals surface area (Å²) < 4.78 is 27.8. The third kappa shape index (κ3) is 5.18. The van der Waals surface area contributed by atoms with Gasteiger partial charge in [-0.05, 0) is 55.7 Å². The second kappa shape index (κ2) is 8.99. The monoisotopic (exact) mass is 452 g/mol. The Morgan fingerprint density at radius 3 is 2.30 bits per heavy atom. The normalized spacial score (nSPS) is 11.6. The van der Waals surface area contributed by atoms with E-state index in [0.717, 1.165) is 33.3 Å². The van der Waals surface area contributed by atoms with Gasteiger partial charge in [0.25, 0.3) is 0 Å². The quantitative estimate of drug-likeness (QED) is 0.681. The molecule has 0 aliphatic carbocycles. The van der Waals surface area contributed by atoms with E-state index in [-0.39, 0.29) is 23.9 Å². The van der Waals surface area contributed by atoms with Crippen LogP contribution in [0.4, 0.5) is 5.69 Å². The van der Waals surface area contributed by atoms with Crippen LogP contribution in [0.15, 0.2) is 45.8 Å². The van der Waals surface area contributed by atoms with Crippen LogP contribution < -0.4 is 5.32 Å². The van der Waals surface area contributed by atoms with Gasteiger partial charge in [0.05, 0.1) is 11.4 Å². The standard InChI is InChI=1S/C20H25BrN2O3S/c1-5-16-12-17(21)11-15(4)20(16)22-19(24)13-23(6-2)27(25,26)18-9-7-14(3)8-10-18/h7-12H,5-6,13H2,1-4H3,(H,22,24). The number of hydrogen-bond acceptors (Lipinski definition) is 3. The number of aryl methyl sites for hydroxylation is 3. The summed E-state index contributed by atoms with van der Waals surface area (Å²) in [6, 6.07) is 10.5. The van der Waals surface area contributed by atoms with Gasteiger partial charge < -0.3 is 5.32 Å². The highest BCUT2D eigenvalue weighted by molar-refractivity contribution is 9.10. The molecular formula is C20H25BrN2O3S. The lowest BCUT2D eigenvalue weighted by atomic mass is 10.1. The van der Waals surface area contributed by atoms with Crippen molar-refractivity contribution in [3.8, 4) is 0 Å². The van der Waals surface area contributed by atoms with Crippen molar-refractivity contribution >= 4 is 37.5 Å². The van der Waals surface area contributed by atoms with Crippen molar-refractivity contribution in [2.24, 2.45) is 0 Å². The second-order valence-corrected chi connectivity index (χ2v) is 9.26. The summed E-state index contributed by atoms with van der Waals surface area (Å²) in [4.78, 5) is 12.8. The Morgan fingerprint density at radius 2 is 1.74 bits per heavy atom. The maximum atomic E-state index is 12.8. The largest absolute Gasteiger partial charge is 0.324 e. The Bertz CT molecular complexity index is 925. The Morgan fingerprint density at radius 1 is 1.11 bits per heavy atom. The van der Waals surface area contributed by atoms with Crippen LogP contribution in [0, 0.1) is 13.8 Å². The van der Waals surface area contributed by atoms with E-state index in [2.05, 4.69) is 21.2 Å². The number of nitrogens with one attached hydrogen (secondary N) is 1. The van der Waals surface area contributed by atoms with Crippen molar-refractivity contribution in [1.29, 1.82) is 0 Å². The summed E-state index contributed by atoms with van der Waals surface area (Å²) in [5, 5.41) is 2.89. The number of amides is 1. The van der Waals surface area contributed by atoms with Gasteiger partial charge in [-0.1, -0.05) is 47.5 Å². The van der Waals surface area contributed by atoms with Crippen molar-refractivity contribution in [3.05, 3.63) is 57.6 Å². The van der Waals surface area contributed by atoms with Crippen molar-refractivity contribution in [2.75, 3.05) is 18.4 Å². The summed E-state index contributed by atoms with van der Waals surface area (Å²) in [6.45, 7) is 7.53. The molecule has 0 saturated heterocycles. The van der Waals surface area contributed by atoms with Gasteiger partial charge in [-0.2, -0.15) is 4.31 Å². The first-order valence-corrected chi connectivity index (χ1v) is 11.1. The highest BCUT2D eigenvalue weighted by Crippen LogP contribution is 2.26. The van der Waals surface area contributed by atoms with Crippen LogP contribution in [0.1, 0.15) is 30.5 Å². The molecule has 5 nitrogen and oxygen atoms in total. The molecule has 2 rings (SSSR count). The number of carbonyl (C=O) groups excluding carboxylic acids is 1. The molecular weight excluding hydrogens is 428 g/mol. The van der Waals surface area contributed by atoms with Crippen LogP contribution in [0.25, 0.3) is 0 Å². The molecule has 0 radical (unpaired) electrons. The molecule has 0 bridgehead atoms. The predicted octanol–water partition coefficient (Wildman–Crippen LogP) is 4.28. The van der Waals surface area contributed by atoms with E-state index in [4.69, 9.17) is 0 Å². The Kier molecular flexibility index (Phi) is 7.19. The minimum absolute atomic E-state index is 0.191. The summed E-state index contributed by atoms with van der Waals surface area (Å²) in [6.07, 6.45) is 0.759. The number of anilines is 1. The second-order valence-electron chi connectivity index (χ2n) is 6.40. The van der Waals surface area contributed by atoms with E-state index in [1.807, 2.05) is 32.9 Å². The van der Waals surface area contributed by atoms with Gasteiger partial charge in [0.15, 0.2) is 0 Å². The zero-order chi connectivity index (χ0) is 20.2. The molecule has 1 amide bonds. The van der Waals surface area contributed by atoms with E-state index in [0.29, 0.717) is 0 Å². The molecule has 2 aromatic carbocycles. The van der Waals surface area contributed by atoms with Crippen molar-refractivity contribution in [3.63, 3.8) is 0 Å². The molecule has 0 fully saturated rings. The van der Waals surface area contributed by atoms with Gasteiger partial charge in [0, 0.05) is 16.7 Å². The summed E-state index contributed by atoms with van der Waals surface area (Å²) in [5.41, 5.74) is 3.65. The van der Waals surface area contributed by atoms with Crippen LogP contribution in [0.5, 0.6) is 0 Å². The number of halogens is 1. The number of rotatable bonds is 7. The van der Waals surface area contributed by atoms with E-state index < -0.39 is 10.0 Å². The SMILES string of the molecule is CCc1cc(Br)cc(C)c1NC(=O)CN(CC)S(=O)(=O)c1ccc(C)cc1. The number of benzene rings is 2. The minimum Gasteiger partial charge on any atom is -0.324 e.